The Labute approximate surface area is 111 Å². The first-order valence-electron chi connectivity index (χ1n) is 5.78. The van der Waals surface area contributed by atoms with Gasteiger partial charge in [-0.2, -0.15) is 0 Å². The lowest BCUT2D eigenvalue weighted by atomic mass is 10.0. The summed E-state index contributed by atoms with van der Waals surface area (Å²) in [6.45, 7) is 0. The largest absolute Gasteiger partial charge is 0.399 e. The number of anilines is 1. The van der Waals surface area contributed by atoms with E-state index < -0.39 is 0 Å². The maximum absolute atomic E-state index is 6.24. The molecule has 3 aromatic rings. The number of halogens is 1. The van der Waals surface area contributed by atoms with Gasteiger partial charge in [-0.3, -0.25) is 0 Å². The monoisotopic (exact) mass is 253 g/mol. The molecule has 0 amide bonds. The summed E-state index contributed by atoms with van der Waals surface area (Å²) in [5.41, 5.74) is 8.52. The van der Waals surface area contributed by atoms with Gasteiger partial charge in [0.1, 0.15) is 0 Å². The van der Waals surface area contributed by atoms with E-state index in [0.717, 1.165) is 11.1 Å². The normalized spacial score (nSPS) is 10.7. The fourth-order valence-electron chi connectivity index (χ4n) is 2.12. The molecule has 0 aliphatic heterocycles. The van der Waals surface area contributed by atoms with Crippen LogP contribution in [-0.4, -0.2) is 0 Å². The zero-order valence-corrected chi connectivity index (χ0v) is 10.5. The van der Waals surface area contributed by atoms with E-state index in [-0.39, 0.29) is 0 Å². The Kier molecular flexibility index (Phi) is 2.69. The Morgan fingerprint density at radius 1 is 0.778 bits per heavy atom. The molecule has 0 radical (unpaired) electrons. The van der Waals surface area contributed by atoms with Crippen LogP contribution in [0.2, 0.25) is 5.02 Å². The van der Waals surface area contributed by atoms with E-state index in [2.05, 4.69) is 30.3 Å². The number of fused-ring (bicyclic) bond motifs is 1. The first kappa shape index (κ1) is 11.1. The molecule has 0 aliphatic carbocycles. The maximum atomic E-state index is 6.24. The third-order valence-corrected chi connectivity index (χ3v) is 3.37. The fourth-order valence-corrected chi connectivity index (χ4v) is 2.42. The summed E-state index contributed by atoms with van der Waals surface area (Å²) in [6, 6.07) is 20.2. The van der Waals surface area contributed by atoms with Gasteiger partial charge in [-0.15, -0.1) is 0 Å². The van der Waals surface area contributed by atoms with Crippen molar-refractivity contribution in [3.63, 3.8) is 0 Å². The van der Waals surface area contributed by atoms with Gasteiger partial charge in [0.25, 0.3) is 0 Å². The molecule has 0 saturated heterocycles. The van der Waals surface area contributed by atoms with Crippen LogP contribution in [0.5, 0.6) is 0 Å². The first-order valence-corrected chi connectivity index (χ1v) is 6.16. The second kappa shape index (κ2) is 4.35. The summed E-state index contributed by atoms with van der Waals surface area (Å²) in [6.07, 6.45) is 0. The Morgan fingerprint density at radius 2 is 1.56 bits per heavy atom. The van der Waals surface area contributed by atoms with Crippen molar-refractivity contribution in [1.82, 2.24) is 0 Å². The van der Waals surface area contributed by atoms with Crippen LogP contribution in [0.25, 0.3) is 21.9 Å². The molecule has 0 heterocycles. The Morgan fingerprint density at radius 3 is 2.33 bits per heavy atom. The van der Waals surface area contributed by atoms with E-state index in [1.54, 1.807) is 6.07 Å². The fraction of sp³-hybridized carbons (Fsp3) is 0. The molecule has 88 valence electrons. The number of nitrogen functional groups attached to an aromatic ring is 1. The van der Waals surface area contributed by atoms with Crippen molar-refractivity contribution in [2.45, 2.75) is 0 Å². The summed E-state index contributed by atoms with van der Waals surface area (Å²) in [7, 11) is 0. The van der Waals surface area contributed by atoms with E-state index in [1.165, 1.54) is 10.8 Å². The second-order valence-corrected chi connectivity index (χ2v) is 4.71. The first-order chi connectivity index (χ1) is 8.74. The third kappa shape index (κ3) is 1.93. The van der Waals surface area contributed by atoms with Gasteiger partial charge < -0.3 is 5.73 Å². The number of rotatable bonds is 1. The van der Waals surface area contributed by atoms with E-state index in [0.29, 0.717) is 10.7 Å². The highest BCUT2D eigenvalue weighted by atomic mass is 35.5. The number of hydrogen-bond acceptors (Lipinski definition) is 1. The summed E-state index contributed by atoms with van der Waals surface area (Å²) in [5.74, 6) is 0. The Bertz CT molecular complexity index is 719. The van der Waals surface area contributed by atoms with Crippen LogP contribution in [0.3, 0.4) is 0 Å². The van der Waals surface area contributed by atoms with Gasteiger partial charge in [0.15, 0.2) is 0 Å². The maximum Gasteiger partial charge on any atom is 0.0504 e. The van der Waals surface area contributed by atoms with Gasteiger partial charge in [-0.1, -0.05) is 54.1 Å². The predicted molar refractivity (Wildman–Crippen MR) is 78.8 cm³/mol. The molecule has 2 heteroatoms. The summed E-state index contributed by atoms with van der Waals surface area (Å²) >= 11 is 6.24. The predicted octanol–water partition coefficient (Wildman–Crippen LogP) is 4.74. The van der Waals surface area contributed by atoms with E-state index >= 15 is 0 Å². The molecule has 0 bridgehead atoms. The van der Waals surface area contributed by atoms with Crippen molar-refractivity contribution in [3.05, 3.63) is 65.7 Å². The van der Waals surface area contributed by atoms with Crippen LogP contribution in [0.1, 0.15) is 0 Å². The van der Waals surface area contributed by atoms with Gasteiger partial charge in [-0.05, 0) is 34.5 Å². The molecule has 3 rings (SSSR count). The summed E-state index contributed by atoms with van der Waals surface area (Å²) in [4.78, 5) is 0. The van der Waals surface area contributed by atoms with E-state index in [9.17, 15) is 0 Å². The van der Waals surface area contributed by atoms with Crippen LogP contribution < -0.4 is 5.73 Å². The van der Waals surface area contributed by atoms with Crippen molar-refractivity contribution in [2.24, 2.45) is 0 Å². The zero-order valence-electron chi connectivity index (χ0n) is 9.73. The Balaban J connectivity index is 2.19. The smallest absolute Gasteiger partial charge is 0.0504 e. The zero-order chi connectivity index (χ0) is 12.5. The van der Waals surface area contributed by atoms with Crippen LogP contribution in [0, 0.1) is 0 Å². The lowest BCUT2D eigenvalue weighted by molar-refractivity contribution is 1.63. The van der Waals surface area contributed by atoms with Crippen LogP contribution in [0.15, 0.2) is 60.7 Å². The van der Waals surface area contributed by atoms with E-state index in [4.69, 9.17) is 17.3 Å². The third-order valence-electron chi connectivity index (χ3n) is 3.05. The molecule has 0 saturated carbocycles. The van der Waals surface area contributed by atoms with Gasteiger partial charge in [0.05, 0.1) is 5.02 Å². The molecule has 0 atom stereocenters. The molecule has 0 aliphatic rings. The topological polar surface area (TPSA) is 26.0 Å². The lowest BCUT2D eigenvalue weighted by Crippen LogP contribution is -1.86. The van der Waals surface area contributed by atoms with Gasteiger partial charge >= 0.3 is 0 Å². The summed E-state index contributed by atoms with van der Waals surface area (Å²) in [5, 5.41) is 3.13. The standard InChI is InChI=1S/C16H12ClN/c17-16-10-14(18)7-8-15(16)13-6-5-11-3-1-2-4-12(11)9-13/h1-10H,18H2. The van der Waals surface area contributed by atoms with Crippen molar-refractivity contribution < 1.29 is 0 Å². The lowest BCUT2D eigenvalue weighted by Gasteiger charge is -2.07. The van der Waals surface area contributed by atoms with Gasteiger partial charge in [0.2, 0.25) is 0 Å². The average molecular weight is 254 g/mol. The van der Waals surface area contributed by atoms with Crippen LogP contribution in [0.4, 0.5) is 5.69 Å². The highest BCUT2D eigenvalue weighted by molar-refractivity contribution is 6.33. The number of nitrogens with two attached hydrogens (primary N) is 1. The van der Waals surface area contributed by atoms with Crippen LogP contribution in [-0.2, 0) is 0 Å². The van der Waals surface area contributed by atoms with E-state index in [1.807, 2.05) is 24.3 Å². The highest BCUT2D eigenvalue weighted by Crippen LogP contribution is 2.31. The highest BCUT2D eigenvalue weighted by Gasteiger charge is 2.04. The number of benzene rings is 3. The van der Waals surface area contributed by atoms with Crippen molar-refractivity contribution in [1.29, 1.82) is 0 Å². The van der Waals surface area contributed by atoms with Crippen LogP contribution >= 0.6 is 11.6 Å². The number of hydrogen-bond donors (Lipinski definition) is 1. The molecular weight excluding hydrogens is 242 g/mol. The van der Waals surface area contributed by atoms with Crippen molar-refractivity contribution in [2.75, 3.05) is 5.73 Å². The minimum absolute atomic E-state index is 0.685. The average Bonchev–Trinajstić information content (AvgIpc) is 2.38. The second-order valence-electron chi connectivity index (χ2n) is 4.30. The summed E-state index contributed by atoms with van der Waals surface area (Å²) < 4.78 is 0. The molecule has 1 nitrogen and oxygen atoms in total. The van der Waals surface area contributed by atoms with Gasteiger partial charge in [0, 0.05) is 11.3 Å². The molecule has 3 aromatic carbocycles. The molecular formula is C16H12ClN. The quantitative estimate of drug-likeness (QED) is 0.623. The molecule has 0 fully saturated rings. The van der Waals surface area contributed by atoms with Crippen molar-refractivity contribution in [3.8, 4) is 11.1 Å². The Hall–Kier alpha value is -1.99. The minimum atomic E-state index is 0.685. The molecule has 0 aromatic heterocycles. The van der Waals surface area contributed by atoms with Gasteiger partial charge in [-0.25, -0.2) is 0 Å². The minimum Gasteiger partial charge on any atom is -0.399 e. The molecule has 2 N–H and O–H groups in total. The SMILES string of the molecule is Nc1ccc(-c2ccc3ccccc3c2)c(Cl)c1. The molecule has 0 spiro atoms. The van der Waals surface area contributed by atoms with Crippen molar-refractivity contribution >= 4 is 28.1 Å². The molecule has 18 heavy (non-hydrogen) atoms. The molecule has 0 unspecified atom stereocenters.